The monoisotopic (exact) mass is 233 g/mol. The van der Waals surface area contributed by atoms with Crippen LogP contribution in [0.3, 0.4) is 0 Å². The van der Waals surface area contributed by atoms with E-state index in [1.165, 1.54) is 17.5 Å². The van der Waals surface area contributed by atoms with E-state index in [2.05, 4.69) is 57.3 Å². The van der Waals surface area contributed by atoms with Crippen LogP contribution in [0.15, 0.2) is 24.3 Å². The molecule has 0 bridgehead atoms. The molecule has 1 aromatic carbocycles. The summed E-state index contributed by atoms with van der Waals surface area (Å²) in [6.07, 6.45) is 2.32. The SMILES string of the molecule is CC(C)CNCCc1ccc(CC(C)C)cc1. The summed E-state index contributed by atoms with van der Waals surface area (Å²) >= 11 is 0. The summed E-state index contributed by atoms with van der Waals surface area (Å²) in [5, 5.41) is 3.48. The Morgan fingerprint density at radius 1 is 0.882 bits per heavy atom. The third kappa shape index (κ3) is 6.48. The molecule has 17 heavy (non-hydrogen) atoms. The lowest BCUT2D eigenvalue weighted by molar-refractivity contribution is 0.554. The summed E-state index contributed by atoms with van der Waals surface area (Å²) in [7, 11) is 0. The molecule has 0 aliphatic heterocycles. The van der Waals surface area contributed by atoms with Crippen LogP contribution in [0, 0.1) is 11.8 Å². The molecule has 0 unspecified atom stereocenters. The van der Waals surface area contributed by atoms with Gasteiger partial charge in [0.25, 0.3) is 0 Å². The van der Waals surface area contributed by atoms with Gasteiger partial charge in [0.1, 0.15) is 0 Å². The van der Waals surface area contributed by atoms with Gasteiger partial charge in [0.15, 0.2) is 0 Å². The fraction of sp³-hybridized carbons (Fsp3) is 0.625. The van der Waals surface area contributed by atoms with Gasteiger partial charge in [0.05, 0.1) is 0 Å². The zero-order chi connectivity index (χ0) is 12.7. The molecule has 0 aromatic heterocycles. The Morgan fingerprint density at radius 2 is 1.47 bits per heavy atom. The van der Waals surface area contributed by atoms with E-state index in [1.807, 2.05) is 0 Å². The first-order valence-corrected chi connectivity index (χ1v) is 6.86. The summed E-state index contributed by atoms with van der Waals surface area (Å²) in [5.41, 5.74) is 2.90. The molecular formula is C16H27N. The first-order chi connectivity index (χ1) is 8.08. The summed E-state index contributed by atoms with van der Waals surface area (Å²) in [5.74, 6) is 1.48. The predicted molar refractivity (Wildman–Crippen MR) is 76.4 cm³/mol. The number of hydrogen-bond donors (Lipinski definition) is 1. The van der Waals surface area contributed by atoms with E-state index in [0.717, 1.165) is 31.3 Å². The Morgan fingerprint density at radius 3 is 2.00 bits per heavy atom. The van der Waals surface area contributed by atoms with E-state index in [-0.39, 0.29) is 0 Å². The number of benzene rings is 1. The van der Waals surface area contributed by atoms with Gasteiger partial charge in [0.2, 0.25) is 0 Å². The van der Waals surface area contributed by atoms with Crippen LogP contribution in [0.5, 0.6) is 0 Å². The average Bonchev–Trinajstić information content (AvgIpc) is 2.25. The maximum Gasteiger partial charge on any atom is -0.000824 e. The van der Waals surface area contributed by atoms with E-state index in [9.17, 15) is 0 Å². The first kappa shape index (κ1) is 14.2. The van der Waals surface area contributed by atoms with Crippen LogP contribution in [-0.4, -0.2) is 13.1 Å². The van der Waals surface area contributed by atoms with Gasteiger partial charge in [-0.05, 0) is 48.9 Å². The molecule has 0 amide bonds. The molecule has 1 N–H and O–H groups in total. The zero-order valence-corrected chi connectivity index (χ0v) is 11.8. The third-order valence-electron chi connectivity index (χ3n) is 2.81. The van der Waals surface area contributed by atoms with Crippen LogP contribution < -0.4 is 5.32 Å². The second kappa shape index (κ2) is 7.50. The van der Waals surface area contributed by atoms with Gasteiger partial charge in [-0.1, -0.05) is 52.0 Å². The highest BCUT2D eigenvalue weighted by Gasteiger charge is 1.98. The van der Waals surface area contributed by atoms with Gasteiger partial charge in [-0.15, -0.1) is 0 Å². The number of hydrogen-bond acceptors (Lipinski definition) is 1. The minimum atomic E-state index is 0.739. The molecule has 1 heteroatoms. The maximum atomic E-state index is 3.48. The largest absolute Gasteiger partial charge is 0.316 e. The van der Waals surface area contributed by atoms with Crippen LogP contribution in [0.1, 0.15) is 38.8 Å². The summed E-state index contributed by atoms with van der Waals surface area (Å²) in [6.45, 7) is 11.2. The summed E-state index contributed by atoms with van der Waals surface area (Å²) < 4.78 is 0. The molecule has 0 saturated carbocycles. The van der Waals surface area contributed by atoms with Crippen molar-refractivity contribution in [1.29, 1.82) is 0 Å². The molecule has 0 aliphatic carbocycles. The molecule has 96 valence electrons. The van der Waals surface area contributed by atoms with Gasteiger partial charge in [-0.2, -0.15) is 0 Å². The normalized spacial score (nSPS) is 11.4. The highest BCUT2D eigenvalue weighted by Crippen LogP contribution is 2.10. The summed E-state index contributed by atoms with van der Waals surface area (Å²) in [4.78, 5) is 0. The van der Waals surface area contributed by atoms with Crippen molar-refractivity contribution in [2.24, 2.45) is 11.8 Å². The molecule has 1 aromatic rings. The van der Waals surface area contributed by atoms with Crippen molar-refractivity contribution in [3.05, 3.63) is 35.4 Å². The zero-order valence-electron chi connectivity index (χ0n) is 11.8. The first-order valence-electron chi connectivity index (χ1n) is 6.86. The van der Waals surface area contributed by atoms with Crippen LogP contribution in [-0.2, 0) is 12.8 Å². The molecule has 0 spiro atoms. The Hall–Kier alpha value is -0.820. The van der Waals surface area contributed by atoms with E-state index in [1.54, 1.807) is 0 Å². The molecule has 1 rings (SSSR count). The van der Waals surface area contributed by atoms with Crippen molar-refractivity contribution in [2.75, 3.05) is 13.1 Å². The highest BCUT2D eigenvalue weighted by atomic mass is 14.8. The van der Waals surface area contributed by atoms with E-state index in [4.69, 9.17) is 0 Å². The molecule has 0 heterocycles. The highest BCUT2D eigenvalue weighted by molar-refractivity contribution is 5.23. The molecule has 0 aliphatic rings. The van der Waals surface area contributed by atoms with Gasteiger partial charge in [-0.3, -0.25) is 0 Å². The van der Waals surface area contributed by atoms with Crippen LogP contribution in [0.4, 0.5) is 0 Å². The molecule has 1 nitrogen and oxygen atoms in total. The standard InChI is InChI=1S/C16H27N/c1-13(2)11-16-7-5-15(6-8-16)9-10-17-12-14(3)4/h5-8,13-14,17H,9-12H2,1-4H3. The Labute approximate surface area is 107 Å². The molecule has 0 atom stereocenters. The van der Waals surface area contributed by atoms with Gasteiger partial charge < -0.3 is 5.32 Å². The van der Waals surface area contributed by atoms with Crippen molar-refractivity contribution >= 4 is 0 Å². The second-order valence-corrected chi connectivity index (χ2v) is 5.76. The number of nitrogens with one attached hydrogen (secondary N) is 1. The van der Waals surface area contributed by atoms with Crippen molar-refractivity contribution in [3.63, 3.8) is 0 Å². The lowest BCUT2D eigenvalue weighted by Crippen LogP contribution is -2.22. The Kier molecular flexibility index (Phi) is 6.28. The Bertz CT molecular complexity index is 298. The smallest absolute Gasteiger partial charge is 0.000824 e. The second-order valence-electron chi connectivity index (χ2n) is 5.76. The molecule has 0 saturated heterocycles. The average molecular weight is 233 g/mol. The van der Waals surface area contributed by atoms with Crippen molar-refractivity contribution in [1.82, 2.24) is 5.32 Å². The predicted octanol–water partition coefficient (Wildman–Crippen LogP) is 3.67. The minimum absolute atomic E-state index is 0.739. The maximum absolute atomic E-state index is 3.48. The lowest BCUT2D eigenvalue weighted by Gasteiger charge is -2.08. The van der Waals surface area contributed by atoms with Gasteiger partial charge in [-0.25, -0.2) is 0 Å². The van der Waals surface area contributed by atoms with Crippen LogP contribution in [0.25, 0.3) is 0 Å². The fourth-order valence-electron chi connectivity index (χ4n) is 1.94. The van der Waals surface area contributed by atoms with Gasteiger partial charge >= 0.3 is 0 Å². The topological polar surface area (TPSA) is 12.0 Å². The third-order valence-corrected chi connectivity index (χ3v) is 2.81. The van der Waals surface area contributed by atoms with E-state index < -0.39 is 0 Å². The summed E-state index contributed by atoms with van der Waals surface area (Å²) in [6, 6.07) is 9.10. The van der Waals surface area contributed by atoms with Crippen LogP contribution >= 0.6 is 0 Å². The van der Waals surface area contributed by atoms with Crippen LogP contribution in [0.2, 0.25) is 0 Å². The van der Waals surface area contributed by atoms with Crippen molar-refractivity contribution < 1.29 is 0 Å². The van der Waals surface area contributed by atoms with Crippen molar-refractivity contribution in [3.8, 4) is 0 Å². The lowest BCUT2D eigenvalue weighted by atomic mass is 10.0. The molecule has 0 fully saturated rings. The molecule has 0 radical (unpaired) electrons. The number of rotatable bonds is 7. The Balaban J connectivity index is 2.30. The van der Waals surface area contributed by atoms with E-state index in [0.29, 0.717) is 0 Å². The minimum Gasteiger partial charge on any atom is -0.316 e. The van der Waals surface area contributed by atoms with Gasteiger partial charge in [0, 0.05) is 0 Å². The van der Waals surface area contributed by atoms with Crippen molar-refractivity contribution in [2.45, 2.75) is 40.5 Å². The van der Waals surface area contributed by atoms with E-state index >= 15 is 0 Å². The quantitative estimate of drug-likeness (QED) is 0.709. The fourth-order valence-corrected chi connectivity index (χ4v) is 1.94. The molecular weight excluding hydrogens is 206 g/mol.